The first kappa shape index (κ1) is 18.3. The molecular weight excluding hydrogens is 332 g/mol. The van der Waals surface area contributed by atoms with Crippen LogP contribution in [0, 0.1) is 11.8 Å². The molecule has 0 aromatic heterocycles. The molecule has 1 heterocycles. The van der Waals surface area contributed by atoms with Crippen molar-refractivity contribution in [3.05, 3.63) is 29.8 Å². The lowest BCUT2D eigenvalue weighted by atomic mass is 9.90. The van der Waals surface area contributed by atoms with Crippen LogP contribution in [0.3, 0.4) is 0 Å². The number of carboxylic acids is 1. The predicted octanol–water partition coefficient (Wildman–Crippen LogP) is 1.63. The van der Waals surface area contributed by atoms with E-state index in [1.807, 2.05) is 6.92 Å². The Bertz CT molecular complexity index is 732. The van der Waals surface area contributed by atoms with E-state index in [1.165, 1.54) is 17.9 Å². The van der Waals surface area contributed by atoms with Gasteiger partial charge in [-0.1, -0.05) is 19.1 Å². The fourth-order valence-corrected chi connectivity index (χ4v) is 3.52. The largest absolute Gasteiger partial charge is 0.481 e. The summed E-state index contributed by atoms with van der Waals surface area (Å²) >= 11 is 0. The van der Waals surface area contributed by atoms with Gasteiger partial charge in [-0.25, -0.2) is 8.42 Å². The second-order valence-corrected chi connectivity index (χ2v) is 8.15. The van der Waals surface area contributed by atoms with Crippen LogP contribution in [0.1, 0.15) is 30.6 Å². The summed E-state index contributed by atoms with van der Waals surface area (Å²) in [5, 5.41) is 9.24. The van der Waals surface area contributed by atoms with Gasteiger partial charge in [-0.15, -0.1) is 0 Å². The molecule has 1 aromatic carbocycles. The number of amides is 1. The van der Waals surface area contributed by atoms with Crippen molar-refractivity contribution in [2.24, 2.45) is 11.8 Å². The van der Waals surface area contributed by atoms with Crippen molar-refractivity contribution >= 4 is 27.6 Å². The first-order valence-corrected chi connectivity index (χ1v) is 9.50. The smallest absolute Gasteiger partial charge is 0.308 e. The van der Waals surface area contributed by atoms with Gasteiger partial charge in [-0.3, -0.25) is 14.3 Å². The molecule has 7 nitrogen and oxygen atoms in total. The van der Waals surface area contributed by atoms with Crippen LogP contribution in [0.25, 0.3) is 0 Å². The Balaban J connectivity index is 2.28. The second kappa shape index (κ2) is 7.21. The van der Waals surface area contributed by atoms with E-state index in [-0.39, 0.29) is 35.4 Å². The number of para-hydroxylation sites is 1. The summed E-state index contributed by atoms with van der Waals surface area (Å²) in [5.41, 5.74) is 0.446. The monoisotopic (exact) mass is 354 g/mol. The number of sulfonamides is 1. The Morgan fingerprint density at radius 1 is 1.29 bits per heavy atom. The molecule has 2 atom stereocenters. The van der Waals surface area contributed by atoms with Gasteiger partial charge in [0.15, 0.2) is 0 Å². The van der Waals surface area contributed by atoms with E-state index in [0.29, 0.717) is 13.0 Å². The van der Waals surface area contributed by atoms with Crippen molar-refractivity contribution < 1.29 is 23.1 Å². The highest BCUT2D eigenvalue weighted by atomic mass is 32.2. The Hall–Kier alpha value is -2.09. The molecule has 1 aliphatic heterocycles. The summed E-state index contributed by atoms with van der Waals surface area (Å²) in [6, 6.07) is 6.37. The predicted molar refractivity (Wildman–Crippen MR) is 90.3 cm³/mol. The van der Waals surface area contributed by atoms with Crippen LogP contribution in [-0.4, -0.2) is 49.1 Å². The molecule has 8 heteroatoms. The molecule has 0 radical (unpaired) electrons. The van der Waals surface area contributed by atoms with Crippen molar-refractivity contribution in [2.75, 3.05) is 23.6 Å². The molecular formula is C16H22N2O5S. The standard InChI is InChI=1S/C16H22N2O5S/c1-3-24(22,23)17-14-7-5-4-6-13(14)15(19)18-9-11(2)8-12(10-18)16(20)21/h4-7,11-12,17H,3,8-10H2,1-2H3,(H,20,21). The number of nitrogens with one attached hydrogen (secondary N) is 1. The molecule has 0 saturated carbocycles. The number of benzene rings is 1. The number of likely N-dealkylation sites (tertiary alicyclic amines) is 1. The molecule has 132 valence electrons. The molecule has 0 aliphatic carbocycles. The van der Waals surface area contributed by atoms with Crippen LogP contribution in [0.15, 0.2) is 24.3 Å². The third kappa shape index (κ3) is 4.25. The van der Waals surface area contributed by atoms with E-state index < -0.39 is 21.9 Å². The third-order valence-electron chi connectivity index (χ3n) is 4.10. The van der Waals surface area contributed by atoms with E-state index in [2.05, 4.69) is 4.72 Å². The number of rotatable bonds is 5. The average Bonchev–Trinajstić information content (AvgIpc) is 2.53. The molecule has 24 heavy (non-hydrogen) atoms. The van der Waals surface area contributed by atoms with Gasteiger partial charge in [-0.05, 0) is 31.4 Å². The van der Waals surface area contributed by atoms with E-state index >= 15 is 0 Å². The molecule has 1 aliphatic rings. The summed E-state index contributed by atoms with van der Waals surface area (Å²) < 4.78 is 26.0. The molecule has 2 N–H and O–H groups in total. The number of anilines is 1. The van der Waals surface area contributed by atoms with Crippen molar-refractivity contribution in [2.45, 2.75) is 20.3 Å². The number of carboxylic acid groups (broad SMARTS) is 1. The number of carbonyl (C=O) groups is 2. The molecule has 1 fully saturated rings. The van der Waals surface area contributed by atoms with E-state index in [1.54, 1.807) is 18.2 Å². The second-order valence-electron chi connectivity index (χ2n) is 6.14. The van der Waals surface area contributed by atoms with Crippen LogP contribution >= 0.6 is 0 Å². The summed E-state index contributed by atoms with van der Waals surface area (Å²) in [5.74, 6) is -1.90. The fraction of sp³-hybridized carbons (Fsp3) is 0.500. The van der Waals surface area contributed by atoms with Gasteiger partial charge in [0.05, 0.1) is 22.9 Å². The lowest BCUT2D eigenvalue weighted by Gasteiger charge is -2.35. The van der Waals surface area contributed by atoms with E-state index in [4.69, 9.17) is 0 Å². The van der Waals surface area contributed by atoms with Crippen molar-refractivity contribution in [3.63, 3.8) is 0 Å². The van der Waals surface area contributed by atoms with E-state index in [9.17, 15) is 23.1 Å². The highest BCUT2D eigenvalue weighted by molar-refractivity contribution is 7.92. The minimum absolute atomic E-state index is 0.0725. The van der Waals surface area contributed by atoms with Crippen LogP contribution in [-0.2, 0) is 14.8 Å². The number of hydrogen-bond acceptors (Lipinski definition) is 4. The van der Waals surface area contributed by atoms with Gasteiger partial charge < -0.3 is 10.0 Å². The molecule has 1 saturated heterocycles. The molecule has 2 rings (SSSR count). The maximum absolute atomic E-state index is 12.8. The van der Waals surface area contributed by atoms with Gasteiger partial charge in [0.1, 0.15) is 0 Å². The minimum atomic E-state index is -3.51. The normalized spacial score (nSPS) is 21.3. The van der Waals surface area contributed by atoms with Gasteiger partial charge >= 0.3 is 5.97 Å². The maximum atomic E-state index is 12.8. The number of piperidine rings is 1. The van der Waals surface area contributed by atoms with Crippen molar-refractivity contribution in [1.29, 1.82) is 0 Å². The third-order valence-corrected chi connectivity index (χ3v) is 5.39. The first-order chi connectivity index (χ1) is 11.2. The van der Waals surface area contributed by atoms with Crippen LogP contribution in [0.5, 0.6) is 0 Å². The van der Waals surface area contributed by atoms with Crippen molar-refractivity contribution in [3.8, 4) is 0 Å². The van der Waals surface area contributed by atoms with Gasteiger partial charge in [0, 0.05) is 13.1 Å². The summed E-state index contributed by atoms with van der Waals surface area (Å²) in [6.45, 7) is 4.00. The number of carbonyl (C=O) groups excluding carboxylic acids is 1. The zero-order chi connectivity index (χ0) is 17.9. The molecule has 1 amide bonds. The Morgan fingerprint density at radius 2 is 1.96 bits per heavy atom. The molecule has 0 bridgehead atoms. The first-order valence-electron chi connectivity index (χ1n) is 7.85. The topological polar surface area (TPSA) is 104 Å². The van der Waals surface area contributed by atoms with Gasteiger partial charge in [-0.2, -0.15) is 0 Å². The Morgan fingerprint density at radius 3 is 2.58 bits per heavy atom. The average molecular weight is 354 g/mol. The zero-order valence-electron chi connectivity index (χ0n) is 13.7. The van der Waals surface area contributed by atoms with Crippen LogP contribution in [0.2, 0.25) is 0 Å². The number of aliphatic carboxylic acids is 1. The summed E-state index contributed by atoms with van der Waals surface area (Å²) in [4.78, 5) is 25.6. The quantitative estimate of drug-likeness (QED) is 0.836. The molecule has 2 unspecified atom stereocenters. The van der Waals surface area contributed by atoms with Crippen LogP contribution < -0.4 is 4.72 Å². The van der Waals surface area contributed by atoms with Gasteiger partial charge in [0.2, 0.25) is 10.0 Å². The fourth-order valence-electron chi connectivity index (χ4n) is 2.86. The van der Waals surface area contributed by atoms with Crippen LogP contribution in [0.4, 0.5) is 5.69 Å². The Labute approximate surface area is 141 Å². The van der Waals surface area contributed by atoms with Gasteiger partial charge in [0.25, 0.3) is 5.91 Å². The van der Waals surface area contributed by atoms with E-state index in [0.717, 1.165) is 0 Å². The van der Waals surface area contributed by atoms with Crippen molar-refractivity contribution in [1.82, 2.24) is 4.90 Å². The lowest BCUT2D eigenvalue weighted by molar-refractivity contribution is -0.143. The maximum Gasteiger partial charge on any atom is 0.308 e. The summed E-state index contributed by atoms with van der Waals surface area (Å²) in [6.07, 6.45) is 0.531. The Kier molecular flexibility index (Phi) is 5.48. The number of hydrogen-bond donors (Lipinski definition) is 2. The minimum Gasteiger partial charge on any atom is -0.481 e. The zero-order valence-corrected chi connectivity index (χ0v) is 14.5. The highest BCUT2D eigenvalue weighted by Gasteiger charge is 2.33. The molecule has 1 aromatic rings. The summed E-state index contributed by atoms with van der Waals surface area (Å²) in [7, 11) is -3.51. The highest BCUT2D eigenvalue weighted by Crippen LogP contribution is 2.25. The lowest BCUT2D eigenvalue weighted by Crippen LogP contribution is -2.45. The molecule has 0 spiro atoms. The number of nitrogens with zero attached hydrogens (tertiary/aromatic N) is 1. The SMILES string of the molecule is CCS(=O)(=O)Nc1ccccc1C(=O)N1CC(C)CC(C(=O)O)C1.